The molecule has 0 aliphatic heterocycles. The average molecular weight is 205 g/mol. The predicted molar refractivity (Wildman–Crippen MR) is 67.0 cm³/mol. The zero-order valence-corrected chi connectivity index (χ0v) is 10.4. The predicted octanol–water partition coefficient (Wildman–Crippen LogP) is 3.48. The first-order valence-electron chi connectivity index (χ1n) is 5.66. The van der Waals surface area contributed by atoms with Crippen LogP contribution in [0.5, 0.6) is 0 Å². The second-order valence-electron chi connectivity index (χ2n) is 5.74. The van der Waals surface area contributed by atoms with Gasteiger partial charge in [0.15, 0.2) is 0 Å². The normalized spacial score (nSPS) is 12.9. The molecule has 0 radical (unpaired) electrons. The van der Waals surface area contributed by atoms with Gasteiger partial charge in [0, 0.05) is 5.54 Å². The minimum absolute atomic E-state index is 0.0634. The Morgan fingerprint density at radius 2 is 1.47 bits per heavy atom. The summed E-state index contributed by atoms with van der Waals surface area (Å²) >= 11 is 0. The van der Waals surface area contributed by atoms with E-state index in [0.717, 1.165) is 12.8 Å². The van der Waals surface area contributed by atoms with Crippen molar-refractivity contribution in [2.45, 2.75) is 51.5 Å². The average Bonchev–Trinajstić information content (AvgIpc) is 2.16. The van der Waals surface area contributed by atoms with Crippen molar-refractivity contribution in [3.05, 3.63) is 35.9 Å². The molecule has 1 nitrogen and oxygen atoms in total. The Kier molecular flexibility index (Phi) is 3.56. The summed E-state index contributed by atoms with van der Waals surface area (Å²) in [5, 5.41) is 0. The maximum atomic E-state index is 6.02. The molecule has 0 aromatic heterocycles. The van der Waals surface area contributed by atoms with E-state index < -0.39 is 0 Å². The smallest absolute Gasteiger partial charge is 0.00973 e. The molecule has 0 aliphatic rings. The number of rotatable bonds is 4. The van der Waals surface area contributed by atoms with E-state index in [2.05, 4.69) is 58.0 Å². The SMILES string of the molecule is CC(C)(N)CCC(C)(C)c1ccccc1. The standard InChI is InChI=1S/C14H23N/c1-13(2,10-11-14(3,4)15)12-8-6-5-7-9-12/h5-9H,10-11,15H2,1-4H3. The summed E-state index contributed by atoms with van der Waals surface area (Å²) in [5.41, 5.74) is 7.57. The molecular formula is C14H23N. The monoisotopic (exact) mass is 205 g/mol. The van der Waals surface area contributed by atoms with Gasteiger partial charge in [0.2, 0.25) is 0 Å². The van der Waals surface area contributed by atoms with Gasteiger partial charge in [-0.15, -0.1) is 0 Å². The highest BCUT2D eigenvalue weighted by atomic mass is 14.7. The summed E-state index contributed by atoms with van der Waals surface area (Å²) in [5.74, 6) is 0. The van der Waals surface area contributed by atoms with Crippen molar-refractivity contribution in [3.63, 3.8) is 0 Å². The van der Waals surface area contributed by atoms with Crippen LogP contribution in [0.1, 0.15) is 46.1 Å². The highest BCUT2D eigenvalue weighted by Gasteiger charge is 2.23. The lowest BCUT2D eigenvalue weighted by Crippen LogP contribution is -2.34. The lowest BCUT2D eigenvalue weighted by atomic mass is 9.78. The molecule has 0 saturated carbocycles. The third-order valence-electron chi connectivity index (χ3n) is 2.95. The van der Waals surface area contributed by atoms with Gasteiger partial charge in [0.05, 0.1) is 0 Å². The molecule has 0 atom stereocenters. The third-order valence-corrected chi connectivity index (χ3v) is 2.95. The van der Waals surface area contributed by atoms with E-state index in [1.807, 2.05) is 0 Å². The molecule has 0 aliphatic carbocycles. The minimum Gasteiger partial charge on any atom is -0.326 e. The maximum Gasteiger partial charge on any atom is 0.00973 e. The van der Waals surface area contributed by atoms with Gasteiger partial charge in [0.25, 0.3) is 0 Å². The van der Waals surface area contributed by atoms with Crippen LogP contribution in [0.25, 0.3) is 0 Å². The van der Waals surface area contributed by atoms with Gasteiger partial charge in [-0.2, -0.15) is 0 Å². The molecular weight excluding hydrogens is 182 g/mol. The van der Waals surface area contributed by atoms with Crippen LogP contribution < -0.4 is 5.73 Å². The van der Waals surface area contributed by atoms with Crippen LogP contribution in [0.2, 0.25) is 0 Å². The Morgan fingerprint density at radius 1 is 0.933 bits per heavy atom. The van der Waals surface area contributed by atoms with Gasteiger partial charge < -0.3 is 5.73 Å². The van der Waals surface area contributed by atoms with E-state index in [0.29, 0.717) is 0 Å². The Balaban J connectivity index is 2.68. The van der Waals surface area contributed by atoms with Crippen LogP contribution in [0, 0.1) is 0 Å². The highest BCUT2D eigenvalue weighted by Crippen LogP contribution is 2.29. The first-order chi connectivity index (χ1) is 6.81. The minimum atomic E-state index is -0.0634. The van der Waals surface area contributed by atoms with Crippen LogP contribution in [-0.2, 0) is 5.41 Å². The van der Waals surface area contributed by atoms with E-state index >= 15 is 0 Å². The molecule has 0 heterocycles. The highest BCUT2D eigenvalue weighted by molar-refractivity contribution is 5.23. The summed E-state index contributed by atoms with van der Waals surface area (Å²) in [6, 6.07) is 10.7. The third kappa shape index (κ3) is 4.05. The van der Waals surface area contributed by atoms with Crippen molar-refractivity contribution in [1.82, 2.24) is 0 Å². The summed E-state index contributed by atoms with van der Waals surface area (Å²) in [4.78, 5) is 0. The first kappa shape index (κ1) is 12.3. The number of hydrogen-bond acceptors (Lipinski definition) is 1. The fraction of sp³-hybridized carbons (Fsp3) is 0.571. The van der Waals surface area contributed by atoms with Gasteiger partial charge in [-0.1, -0.05) is 44.2 Å². The molecule has 84 valence electrons. The zero-order valence-electron chi connectivity index (χ0n) is 10.4. The van der Waals surface area contributed by atoms with Gasteiger partial charge in [-0.05, 0) is 37.7 Å². The molecule has 1 aromatic carbocycles. The van der Waals surface area contributed by atoms with Crippen LogP contribution >= 0.6 is 0 Å². The maximum absolute atomic E-state index is 6.02. The van der Waals surface area contributed by atoms with Crippen molar-refractivity contribution >= 4 is 0 Å². The summed E-state index contributed by atoms with van der Waals surface area (Å²) < 4.78 is 0. The fourth-order valence-corrected chi connectivity index (χ4v) is 1.67. The van der Waals surface area contributed by atoms with Gasteiger partial charge in [-0.25, -0.2) is 0 Å². The van der Waals surface area contributed by atoms with Crippen molar-refractivity contribution in [2.75, 3.05) is 0 Å². The van der Waals surface area contributed by atoms with Crippen molar-refractivity contribution in [2.24, 2.45) is 5.73 Å². The van der Waals surface area contributed by atoms with Crippen molar-refractivity contribution in [1.29, 1.82) is 0 Å². The molecule has 0 bridgehead atoms. The molecule has 0 unspecified atom stereocenters. The molecule has 1 heteroatoms. The molecule has 15 heavy (non-hydrogen) atoms. The van der Waals surface area contributed by atoms with Crippen molar-refractivity contribution < 1.29 is 0 Å². The molecule has 0 amide bonds. The Bertz CT molecular complexity index is 293. The Labute approximate surface area is 93.7 Å². The van der Waals surface area contributed by atoms with Crippen molar-refractivity contribution in [3.8, 4) is 0 Å². The number of hydrogen-bond donors (Lipinski definition) is 1. The van der Waals surface area contributed by atoms with Crippen LogP contribution in [0.4, 0.5) is 0 Å². The molecule has 2 N–H and O–H groups in total. The number of benzene rings is 1. The molecule has 1 aromatic rings. The van der Waals surface area contributed by atoms with Gasteiger partial charge in [-0.3, -0.25) is 0 Å². The number of nitrogens with two attached hydrogens (primary N) is 1. The fourth-order valence-electron chi connectivity index (χ4n) is 1.67. The second-order valence-corrected chi connectivity index (χ2v) is 5.74. The Hall–Kier alpha value is -0.820. The van der Waals surface area contributed by atoms with E-state index in [1.165, 1.54) is 5.56 Å². The van der Waals surface area contributed by atoms with Crippen LogP contribution in [-0.4, -0.2) is 5.54 Å². The van der Waals surface area contributed by atoms with Gasteiger partial charge >= 0.3 is 0 Å². The van der Waals surface area contributed by atoms with E-state index in [1.54, 1.807) is 0 Å². The molecule has 0 fully saturated rings. The molecule has 1 rings (SSSR count). The van der Waals surface area contributed by atoms with E-state index in [4.69, 9.17) is 5.73 Å². The second kappa shape index (κ2) is 4.36. The van der Waals surface area contributed by atoms with Crippen LogP contribution in [0.3, 0.4) is 0 Å². The zero-order chi connectivity index (χ0) is 11.5. The van der Waals surface area contributed by atoms with Crippen LogP contribution in [0.15, 0.2) is 30.3 Å². The molecule has 0 spiro atoms. The topological polar surface area (TPSA) is 26.0 Å². The molecule has 0 saturated heterocycles. The van der Waals surface area contributed by atoms with E-state index in [9.17, 15) is 0 Å². The first-order valence-corrected chi connectivity index (χ1v) is 5.66. The summed E-state index contributed by atoms with van der Waals surface area (Å²) in [6.07, 6.45) is 2.18. The largest absolute Gasteiger partial charge is 0.326 e. The quantitative estimate of drug-likeness (QED) is 0.800. The summed E-state index contributed by atoms with van der Waals surface area (Å²) in [7, 11) is 0. The van der Waals surface area contributed by atoms with Gasteiger partial charge in [0.1, 0.15) is 0 Å². The lowest BCUT2D eigenvalue weighted by Gasteiger charge is -2.29. The summed E-state index contributed by atoms with van der Waals surface area (Å²) in [6.45, 7) is 8.75. The lowest BCUT2D eigenvalue weighted by molar-refractivity contribution is 0.375. The van der Waals surface area contributed by atoms with E-state index in [-0.39, 0.29) is 11.0 Å². The Morgan fingerprint density at radius 3 is 1.93 bits per heavy atom.